The third kappa shape index (κ3) is 5.85. The molecule has 1 amide bonds. The second-order valence-corrected chi connectivity index (χ2v) is 6.82. The van der Waals surface area contributed by atoms with Crippen LogP contribution in [0.5, 0.6) is 0 Å². The number of hydrogen-bond donors (Lipinski definition) is 1. The van der Waals surface area contributed by atoms with E-state index in [-0.39, 0.29) is 5.91 Å². The molecule has 2 rings (SSSR count). The quantitative estimate of drug-likeness (QED) is 0.481. The third-order valence-electron chi connectivity index (χ3n) is 5.03. The van der Waals surface area contributed by atoms with Crippen molar-refractivity contribution in [3.63, 3.8) is 0 Å². The first-order valence-electron chi connectivity index (χ1n) is 9.26. The second-order valence-electron chi connectivity index (χ2n) is 6.82. The molecule has 0 aromatic heterocycles. The van der Waals surface area contributed by atoms with Gasteiger partial charge in [-0.1, -0.05) is 50.8 Å². The summed E-state index contributed by atoms with van der Waals surface area (Å²) in [5.74, 6) is 1.60. The van der Waals surface area contributed by atoms with Crippen molar-refractivity contribution in [2.45, 2.75) is 71.1 Å². The van der Waals surface area contributed by atoms with Crippen LogP contribution in [0, 0.1) is 5.92 Å². The zero-order valence-electron chi connectivity index (χ0n) is 14.7. The van der Waals surface area contributed by atoms with Gasteiger partial charge in [0.2, 0.25) is 5.91 Å². The van der Waals surface area contributed by atoms with E-state index in [2.05, 4.69) is 24.4 Å². The fourth-order valence-electron chi connectivity index (χ4n) is 3.64. The van der Waals surface area contributed by atoms with Crippen molar-refractivity contribution < 1.29 is 4.79 Å². The minimum absolute atomic E-state index is 0.0622. The van der Waals surface area contributed by atoms with Gasteiger partial charge in [-0.2, -0.15) is 0 Å². The summed E-state index contributed by atoms with van der Waals surface area (Å²) in [6.45, 7) is 4.13. The zero-order chi connectivity index (χ0) is 16.5. The zero-order valence-corrected chi connectivity index (χ0v) is 14.7. The van der Waals surface area contributed by atoms with Crippen molar-refractivity contribution in [1.82, 2.24) is 0 Å². The van der Waals surface area contributed by atoms with Gasteiger partial charge in [0.25, 0.3) is 0 Å². The van der Waals surface area contributed by atoms with Gasteiger partial charge >= 0.3 is 0 Å². The van der Waals surface area contributed by atoms with Gasteiger partial charge in [0.05, 0.1) is 0 Å². The summed E-state index contributed by atoms with van der Waals surface area (Å²) >= 11 is 0. The lowest BCUT2D eigenvalue weighted by Crippen LogP contribution is -2.13. The molecule has 0 spiro atoms. The van der Waals surface area contributed by atoms with Crippen LogP contribution in [-0.4, -0.2) is 5.91 Å². The molecule has 0 bridgehead atoms. The Hall–Kier alpha value is -1.57. The van der Waals surface area contributed by atoms with Gasteiger partial charge in [-0.05, 0) is 68.2 Å². The van der Waals surface area contributed by atoms with Gasteiger partial charge in [0, 0.05) is 5.69 Å². The number of anilines is 1. The maximum absolute atomic E-state index is 11.5. The maximum atomic E-state index is 11.5. The summed E-state index contributed by atoms with van der Waals surface area (Å²) in [6.07, 6.45) is 14.3. The van der Waals surface area contributed by atoms with Gasteiger partial charge in [-0.15, -0.1) is 0 Å². The summed E-state index contributed by atoms with van der Waals surface area (Å²) < 4.78 is 0. The predicted molar refractivity (Wildman–Crippen MR) is 98.7 cm³/mol. The molecular formula is C21H31NO. The van der Waals surface area contributed by atoms with E-state index in [1.807, 2.05) is 19.1 Å². The van der Waals surface area contributed by atoms with Crippen LogP contribution in [0.15, 0.2) is 36.4 Å². The molecular weight excluding hydrogens is 282 g/mol. The third-order valence-corrected chi connectivity index (χ3v) is 5.03. The molecule has 0 radical (unpaired) electrons. The number of benzene rings is 1. The molecule has 1 aliphatic carbocycles. The van der Waals surface area contributed by atoms with Crippen molar-refractivity contribution in [1.29, 1.82) is 0 Å². The first-order chi connectivity index (χ1) is 11.2. The van der Waals surface area contributed by atoms with E-state index in [1.165, 1.54) is 56.9 Å². The molecule has 0 heterocycles. The molecule has 2 nitrogen and oxygen atoms in total. The Balaban J connectivity index is 1.81. The van der Waals surface area contributed by atoms with Crippen molar-refractivity contribution in [2.24, 2.45) is 5.92 Å². The molecule has 1 saturated carbocycles. The molecule has 0 aliphatic heterocycles. The Morgan fingerprint density at radius 3 is 2.43 bits per heavy atom. The van der Waals surface area contributed by atoms with E-state index in [9.17, 15) is 4.79 Å². The maximum Gasteiger partial charge on any atom is 0.248 e. The Bertz CT molecular complexity index is 495. The van der Waals surface area contributed by atoms with Gasteiger partial charge in [0.15, 0.2) is 0 Å². The Labute approximate surface area is 141 Å². The topological polar surface area (TPSA) is 29.1 Å². The van der Waals surface area contributed by atoms with Crippen LogP contribution >= 0.6 is 0 Å². The molecule has 1 aromatic carbocycles. The van der Waals surface area contributed by atoms with Gasteiger partial charge < -0.3 is 5.32 Å². The molecule has 1 N–H and O–H groups in total. The van der Waals surface area contributed by atoms with Gasteiger partial charge in [-0.25, -0.2) is 0 Å². The van der Waals surface area contributed by atoms with Crippen molar-refractivity contribution in [3.8, 4) is 0 Å². The van der Waals surface area contributed by atoms with E-state index in [0.29, 0.717) is 5.92 Å². The van der Waals surface area contributed by atoms with E-state index < -0.39 is 0 Å². The Morgan fingerprint density at radius 1 is 1.13 bits per heavy atom. The molecule has 1 aromatic rings. The highest BCUT2D eigenvalue weighted by atomic mass is 16.1. The molecule has 1 fully saturated rings. The van der Waals surface area contributed by atoms with Crippen LogP contribution in [0.1, 0.15) is 76.7 Å². The minimum Gasteiger partial charge on any atom is -0.323 e. The van der Waals surface area contributed by atoms with Crippen molar-refractivity contribution >= 4 is 11.6 Å². The molecule has 2 heteroatoms. The summed E-state index contributed by atoms with van der Waals surface area (Å²) in [6, 6.07) is 8.44. The summed E-state index contributed by atoms with van der Waals surface area (Å²) in [7, 11) is 0. The molecule has 0 atom stereocenters. The number of nitrogens with one attached hydrogen (secondary N) is 1. The lowest BCUT2D eigenvalue weighted by Gasteiger charge is -2.29. The van der Waals surface area contributed by atoms with Crippen LogP contribution in [-0.2, 0) is 4.79 Å². The van der Waals surface area contributed by atoms with E-state index in [4.69, 9.17) is 0 Å². The van der Waals surface area contributed by atoms with E-state index >= 15 is 0 Å². The minimum atomic E-state index is -0.0622. The van der Waals surface area contributed by atoms with Crippen LogP contribution in [0.2, 0.25) is 0 Å². The van der Waals surface area contributed by atoms with Gasteiger partial charge in [0.1, 0.15) is 0 Å². The smallest absolute Gasteiger partial charge is 0.248 e. The standard InChI is InChI=1S/C21H31NO/c1-3-5-6-8-17-9-11-18(12-10-17)19-13-15-20(16-14-19)22-21(23)7-4-2/h4,7,13-18H,3,5-6,8-12H2,1-2H3,(H,22,23)/b7-4+. The van der Waals surface area contributed by atoms with Crippen LogP contribution in [0.4, 0.5) is 5.69 Å². The molecule has 1 aliphatic rings. The summed E-state index contributed by atoms with van der Waals surface area (Å²) in [5, 5.41) is 2.88. The number of unbranched alkanes of at least 4 members (excludes halogenated alkanes) is 2. The van der Waals surface area contributed by atoms with Crippen LogP contribution in [0.25, 0.3) is 0 Å². The van der Waals surface area contributed by atoms with E-state index in [1.54, 1.807) is 12.2 Å². The number of carbonyl (C=O) groups excluding carboxylic acids is 1. The lowest BCUT2D eigenvalue weighted by atomic mass is 9.77. The molecule has 126 valence electrons. The number of carbonyl (C=O) groups is 1. The average molecular weight is 313 g/mol. The lowest BCUT2D eigenvalue weighted by molar-refractivity contribution is -0.111. The van der Waals surface area contributed by atoms with Gasteiger partial charge in [-0.3, -0.25) is 4.79 Å². The summed E-state index contributed by atoms with van der Waals surface area (Å²) in [5.41, 5.74) is 2.31. The van der Waals surface area contributed by atoms with Crippen molar-refractivity contribution in [2.75, 3.05) is 5.32 Å². The highest BCUT2D eigenvalue weighted by Gasteiger charge is 2.21. The SMILES string of the molecule is C/C=C/C(=O)Nc1ccc(C2CCC(CCCCC)CC2)cc1. The summed E-state index contributed by atoms with van der Waals surface area (Å²) in [4.78, 5) is 11.5. The monoisotopic (exact) mass is 313 g/mol. The second kappa shape index (κ2) is 9.54. The number of allylic oxidation sites excluding steroid dienone is 1. The van der Waals surface area contributed by atoms with Crippen LogP contribution in [0.3, 0.4) is 0 Å². The highest BCUT2D eigenvalue weighted by Crippen LogP contribution is 2.37. The first kappa shape index (κ1) is 17.8. The Morgan fingerprint density at radius 2 is 1.83 bits per heavy atom. The molecule has 23 heavy (non-hydrogen) atoms. The largest absolute Gasteiger partial charge is 0.323 e. The number of rotatable bonds is 7. The fraction of sp³-hybridized carbons (Fsp3) is 0.571. The normalized spacial score (nSPS) is 21.5. The van der Waals surface area contributed by atoms with Crippen LogP contribution < -0.4 is 5.32 Å². The average Bonchev–Trinajstić information content (AvgIpc) is 2.57. The first-order valence-corrected chi connectivity index (χ1v) is 9.26. The number of amides is 1. The predicted octanol–water partition coefficient (Wildman–Crippen LogP) is 6.06. The molecule has 0 saturated heterocycles. The highest BCUT2D eigenvalue weighted by molar-refractivity contribution is 5.99. The van der Waals surface area contributed by atoms with E-state index in [0.717, 1.165) is 11.6 Å². The van der Waals surface area contributed by atoms with Crippen molar-refractivity contribution in [3.05, 3.63) is 42.0 Å². The fourth-order valence-corrected chi connectivity index (χ4v) is 3.64. The Kier molecular flexibility index (Phi) is 7.38. The molecule has 0 unspecified atom stereocenters. The number of hydrogen-bond acceptors (Lipinski definition) is 1.